The largest absolute Gasteiger partial charge is 0.441 e. The average Bonchev–Trinajstić information content (AvgIpc) is 2.94. The third kappa shape index (κ3) is 3.72. The second-order valence-corrected chi connectivity index (χ2v) is 5.49. The minimum absolute atomic E-state index is 0.00990. The molecule has 0 saturated carbocycles. The van der Waals surface area contributed by atoms with Crippen LogP contribution >= 0.6 is 0 Å². The predicted molar refractivity (Wildman–Crippen MR) is 91.8 cm³/mol. The third-order valence-electron chi connectivity index (χ3n) is 3.68. The molecular weight excluding hydrogens is 306 g/mol. The third-order valence-corrected chi connectivity index (χ3v) is 3.68. The number of oxazole rings is 1. The number of carbonyl (C=O) groups excluding carboxylic acids is 1. The molecule has 0 aliphatic heterocycles. The standard InChI is InChI=1S/C18H19N3O3/c1-12-19-16-11-14(7-8-17(16)24-12)20-18(23)21-15(9-10-22)13-5-3-2-4-6-13/h2-8,11,15,22H,9-10H2,1H3,(H2,20,21,23)/t15-/m1/s1. The number of carbonyl (C=O) groups is 1. The molecule has 0 bridgehead atoms. The maximum absolute atomic E-state index is 12.3. The Bertz CT molecular complexity index is 830. The molecule has 2 amide bonds. The van der Waals surface area contributed by atoms with Gasteiger partial charge in [0.1, 0.15) is 5.52 Å². The molecule has 6 heteroatoms. The van der Waals surface area contributed by atoms with Gasteiger partial charge in [0, 0.05) is 19.2 Å². The molecular formula is C18H19N3O3. The van der Waals surface area contributed by atoms with Crippen LogP contribution in [0.1, 0.15) is 23.9 Å². The minimum Gasteiger partial charge on any atom is -0.441 e. The van der Waals surface area contributed by atoms with Crippen LogP contribution in [-0.4, -0.2) is 22.7 Å². The van der Waals surface area contributed by atoms with Crippen molar-refractivity contribution >= 4 is 22.8 Å². The van der Waals surface area contributed by atoms with Crippen LogP contribution in [0.15, 0.2) is 52.9 Å². The van der Waals surface area contributed by atoms with Crippen molar-refractivity contribution in [2.75, 3.05) is 11.9 Å². The summed E-state index contributed by atoms with van der Waals surface area (Å²) in [5.74, 6) is 0.582. The van der Waals surface area contributed by atoms with Crippen LogP contribution in [0, 0.1) is 6.92 Å². The van der Waals surface area contributed by atoms with E-state index in [9.17, 15) is 9.90 Å². The number of rotatable bonds is 5. The molecule has 1 aromatic heterocycles. The van der Waals surface area contributed by atoms with Crippen molar-refractivity contribution in [3.05, 3.63) is 60.0 Å². The number of hydrogen-bond donors (Lipinski definition) is 3. The van der Waals surface area contributed by atoms with Crippen molar-refractivity contribution in [3.8, 4) is 0 Å². The van der Waals surface area contributed by atoms with Crippen molar-refractivity contribution < 1.29 is 14.3 Å². The van der Waals surface area contributed by atoms with Crippen LogP contribution in [0.3, 0.4) is 0 Å². The molecule has 124 valence electrons. The number of aliphatic hydroxyl groups is 1. The number of anilines is 1. The molecule has 3 N–H and O–H groups in total. The van der Waals surface area contributed by atoms with Gasteiger partial charge in [-0.05, 0) is 30.2 Å². The van der Waals surface area contributed by atoms with E-state index >= 15 is 0 Å². The fourth-order valence-corrected chi connectivity index (χ4v) is 2.58. The van der Waals surface area contributed by atoms with E-state index in [0.29, 0.717) is 29.1 Å². The molecule has 0 aliphatic carbocycles. The zero-order chi connectivity index (χ0) is 16.9. The van der Waals surface area contributed by atoms with Crippen LogP contribution in [0.25, 0.3) is 11.1 Å². The SMILES string of the molecule is Cc1nc2cc(NC(=O)N[C@H](CCO)c3ccccc3)ccc2o1. The molecule has 6 nitrogen and oxygen atoms in total. The maximum atomic E-state index is 12.3. The molecule has 0 fully saturated rings. The Kier molecular flexibility index (Phi) is 4.77. The summed E-state index contributed by atoms with van der Waals surface area (Å²) in [7, 11) is 0. The summed E-state index contributed by atoms with van der Waals surface area (Å²) < 4.78 is 5.41. The molecule has 1 atom stereocenters. The molecule has 1 heterocycles. The lowest BCUT2D eigenvalue weighted by atomic mass is 10.0. The fourth-order valence-electron chi connectivity index (χ4n) is 2.58. The van der Waals surface area contributed by atoms with Gasteiger partial charge in [-0.25, -0.2) is 9.78 Å². The zero-order valence-corrected chi connectivity index (χ0v) is 13.3. The first kappa shape index (κ1) is 16.0. The van der Waals surface area contributed by atoms with E-state index in [1.807, 2.05) is 30.3 Å². The maximum Gasteiger partial charge on any atom is 0.319 e. The number of hydrogen-bond acceptors (Lipinski definition) is 4. The van der Waals surface area contributed by atoms with Gasteiger partial charge in [-0.2, -0.15) is 0 Å². The number of urea groups is 1. The molecule has 0 saturated heterocycles. The first-order chi connectivity index (χ1) is 11.7. The summed E-state index contributed by atoms with van der Waals surface area (Å²) in [6.45, 7) is 1.77. The summed E-state index contributed by atoms with van der Waals surface area (Å²) >= 11 is 0. The van der Waals surface area contributed by atoms with Crippen LogP contribution in [-0.2, 0) is 0 Å². The summed E-state index contributed by atoms with van der Waals surface area (Å²) in [5, 5.41) is 14.9. The summed E-state index contributed by atoms with van der Waals surface area (Å²) in [4.78, 5) is 16.5. The summed E-state index contributed by atoms with van der Waals surface area (Å²) in [5.41, 5.74) is 2.95. The van der Waals surface area contributed by atoms with E-state index in [0.717, 1.165) is 5.56 Å². The lowest BCUT2D eigenvalue weighted by Crippen LogP contribution is -2.33. The van der Waals surface area contributed by atoms with Crippen molar-refractivity contribution in [2.24, 2.45) is 0 Å². The highest BCUT2D eigenvalue weighted by Crippen LogP contribution is 2.20. The van der Waals surface area contributed by atoms with Gasteiger partial charge in [-0.1, -0.05) is 30.3 Å². The number of fused-ring (bicyclic) bond motifs is 1. The normalized spacial score (nSPS) is 12.1. The molecule has 2 aromatic carbocycles. The number of aromatic nitrogens is 1. The van der Waals surface area contributed by atoms with Gasteiger partial charge >= 0.3 is 6.03 Å². The smallest absolute Gasteiger partial charge is 0.319 e. The Hall–Kier alpha value is -2.86. The van der Waals surface area contributed by atoms with Gasteiger partial charge < -0.3 is 20.2 Å². The zero-order valence-electron chi connectivity index (χ0n) is 13.3. The fraction of sp³-hybridized carbons (Fsp3) is 0.222. The number of nitrogens with zero attached hydrogens (tertiary/aromatic N) is 1. The van der Waals surface area contributed by atoms with Crippen LogP contribution in [0.5, 0.6) is 0 Å². The Morgan fingerprint density at radius 3 is 2.79 bits per heavy atom. The Balaban J connectivity index is 1.70. The topological polar surface area (TPSA) is 87.4 Å². The second-order valence-electron chi connectivity index (χ2n) is 5.49. The van der Waals surface area contributed by atoms with Gasteiger partial charge in [0.05, 0.1) is 6.04 Å². The molecule has 0 unspecified atom stereocenters. The van der Waals surface area contributed by atoms with Crippen LogP contribution < -0.4 is 10.6 Å². The molecule has 24 heavy (non-hydrogen) atoms. The van der Waals surface area contributed by atoms with E-state index in [-0.39, 0.29) is 18.7 Å². The Labute approximate surface area is 139 Å². The predicted octanol–water partition coefficient (Wildman–Crippen LogP) is 3.38. The number of nitrogens with one attached hydrogen (secondary N) is 2. The monoisotopic (exact) mass is 325 g/mol. The van der Waals surface area contributed by atoms with E-state index in [4.69, 9.17) is 4.42 Å². The van der Waals surface area contributed by atoms with E-state index in [2.05, 4.69) is 15.6 Å². The molecule has 3 aromatic rings. The summed E-state index contributed by atoms with van der Waals surface area (Å²) in [6, 6.07) is 14.3. The number of amides is 2. The highest BCUT2D eigenvalue weighted by molar-refractivity contribution is 5.91. The van der Waals surface area contributed by atoms with Crippen LogP contribution in [0.2, 0.25) is 0 Å². The highest BCUT2D eigenvalue weighted by atomic mass is 16.3. The lowest BCUT2D eigenvalue weighted by molar-refractivity contribution is 0.239. The summed E-state index contributed by atoms with van der Waals surface area (Å²) in [6.07, 6.45) is 0.443. The molecule has 0 spiro atoms. The molecule has 3 rings (SSSR count). The van der Waals surface area contributed by atoms with Crippen molar-refractivity contribution in [1.29, 1.82) is 0 Å². The van der Waals surface area contributed by atoms with Crippen LogP contribution in [0.4, 0.5) is 10.5 Å². The lowest BCUT2D eigenvalue weighted by Gasteiger charge is -2.18. The van der Waals surface area contributed by atoms with Gasteiger partial charge in [-0.3, -0.25) is 0 Å². The second kappa shape index (κ2) is 7.14. The average molecular weight is 325 g/mol. The Morgan fingerprint density at radius 1 is 1.25 bits per heavy atom. The van der Waals surface area contributed by atoms with Gasteiger partial charge in [0.25, 0.3) is 0 Å². The number of aliphatic hydroxyl groups excluding tert-OH is 1. The van der Waals surface area contributed by atoms with E-state index < -0.39 is 0 Å². The van der Waals surface area contributed by atoms with Gasteiger partial charge in [0.15, 0.2) is 11.5 Å². The first-order valence-electron chi connectivity index (χ1n) is 7.76. The van der Waals surface area contributed by atoms with E-state index in [1.54, 1.807) is 25.1 Å². The van der Waals surface area contributed by atoms with Crippen molar-refractivity contribution in [2.45, 2.75) is 19.4 Å². The van der Waals surface area contributed by atoms with E-state index in [1.165, 1.54) is 0 Å². The quantitative estimate of drug-likeness (QED) is 0.671. The number of benzene rings is 2. The van der Waals surface area contributed by atoms with Crippen molar-refractivity contribution in [1.82, 2.24) is 10.3 Å². The molecule has 0 aliphatic rings. The Morgan fingerprint density at radius 2 is 2.04 bits per heavy atom. The first-order valence-corrected chi connectivity index (χ1v) is 7.76. The number of aryl methyl sites for hydroxylation is 1. The van der Waals surface area contributed by atoms with Gasteiger partial charge in [-0.15, -0.1) is 0 Å². The van der Waals surface area contributed by atoms with Gasteiger partial charge in [0.2, 0.25) is 0 Å². The van der Waals surface area contributed by atoms with Crippen molar-refractivity contribution in [3.63, 3.8) is 0 Å². The highest BCUT2D eigenvalue weighted by Gasteiger charge is 2.14. The minimum atomic E-state index is -0.336. The molecule has 0 radical (unpaired) electrons.